The van der Waals surface area contributed by atoms with E-state index in [9.17, 15) is 14.4 Å². The first-order chi connectivity index (χ1) is 8.61. The fraction of sp³-hybridized carbons (Fsp3) is 0.750. The van der Waals surface area contributed by atoms with Gasteiger partial charge in [0, 0.05) is 12.8 Å². The number of nitrogens with zero attached hydrogens (tertiary/aromatic N) is 1. The minimum Gasteiger partial charge on any atom is -0.330 e. The molecule has 1 aliphatic carbocycles. The van der Waals surface area contributed by atoms with Gasteiger partial charge in [-0.25, -0.2) is 4.79 Å². The Bertz CT molecular complexity index is 345. The van der Waals surface area contributed by atoms with Crippen molar-refractivity contribution in [2.75, 3.05) is 6.54 Å². The Hall–Kier alpha value is -1.43. The van der Waals surface area contributed by atoms with Crippen molar-refractivity contribution in [2.45, 2.75) is 38.5 Å². The third-order valence-electron chi connectivity index (χ3n) is 3.70. The lowest BCUT2D eigenvalue weighted by molar-refractivity contribution is -0.201. The van der Waals surface area contributed by atoms with Crippen LogP contribution in [0, 0.1) is 11.8 Å². The molecular weight excluding hydrogens is 236 g/mol. The molecular formula is C12H18N2O4. The van der Waals surface area contributed by atoms with Crippen LogP contribution >= 0.6 is 0 Å². The molecule has 1 saturated carbocycles. The van der Waals surface area contributed by atoms with Gasteiger partial charge in [-0.3, -0.25) is 9.59 Å². The van der Waals surface area contributed by atoms with Crippen molar-refractivity contribution in [3.05, 3.63) is 0 Å². The van der Waals surface area contributed by atoms with Crippen LogP contribution in [0.1, 0.15) is 38.5 Å². The molecule has 1 saturated heterocycles. The van der Waals surface area contributed by atoms with Crippen LogP contribution in [-0.2, 0) is 19.2 Å². The van der Waals surface area contributed by atoms with Gasteiger partial charge in [-0.15, -0.1) is 5.06 Å². The predicted octanol–water partition coefficient (Wildman–Crippen LogP) is 0.359. The van der Waals surface area contributed by atoms with Gasteiger partial charge in [0.15, 0.2) is 0 Å². The Morgan fingerprint density at radius 1 is 1.17 bits per heavy atom. The Balaban J connectivity index is 1.85. The number of amides is 2. The van der Waals surface area contributed by atoms with E-state index in [1.54, 1.807) is 0 Å². The SMILES string of the molecule is NCC1CCC(C(=O)ON2C(=O)CCC2=O)CC1. The maximum absolute atomic E-state index is 11.8. The van der Waals surface area contributed by atoms with E-state index in [0.717, 1.165) is 25.7 Å². The standard InChI is InChI=1S/C12H18N2O4/c13-7-8-1-3-9(4-2-8)12(17)18-14-10(15)5-6-11(14)16/h8-9H,1-7,13H2. The van der Waals surface area contributed by atoms with E-state index in [1.165, 1.54) is 0 Å². The van der Waals surface area contributed by atoms with Crippen LogP contribution in [0.25, 0.3) is 0 Å². The van der Waals surface area contributed by atoms with Gasteiger partial charge in [0.1, 0.15) is 0 Å². The largest absolute Gasteiger partial charge is 0.336 e. The van der Waals surface area contributed by atoms with Crippen LogP contribution in [0.3, 0.4) is 0 Å². The summed E-state index contributed by atoms with van der Waals surface area (Å²) in [5.74, 6) is -1.06. The Morgan fingerprint density at radius 2 is 1.72 bits per heavy atom. The number of hydrogen-bond donors (Lipinski definition) is 1. The maximum atomic E-state index is 11.8. The normalized spacial score (nSPS) is 28.6. The van der Waals surface area contributed by atoms with E-state index < -0.39 is 17.8 Å². The van der Waals surface area contributed by atoms with Crippen LogP contribution in [0.2, 0.25) is 0 Å². The highest BCUT2D eigenvalue weighted by Gasteiger charge is 2.35. The topological polar surface area (TPSA) is 89.7 Å². The van der Waals surface area contributed by atoms with Gasteiger partial charge >= 0.3 is 5.97 Å². The summed E-state index contributed by atoms with van der Waals surface area (Å²) in [6, 6.07) is 0. The van der Waals surface area contributed by atoms with Gasteiger partial charge in [-0.2, -0.15) is 0 Å². The third kappa shape index (κ3) is 2.69. The molecule has 0 aromatic carbocycles. The Morgan fingerprint density at radius 3 is 2.22 bits per heavy atom. The fourth-order valence-corrected chi connectivity index (χ4v) is 2.46. The average Bonchev–Trinajstić information content (AvgIpc) is 2.70. The van der Waals surface area contributed by atoms with Crippen molar-refractivity contribution in [2.24, 2.45) is 17.6 Å². The second-order valence-electron chi connectivity index (χ2n) is 4.95. The molecule has 1 heterocycles. The molecule has 6 heteroatoms. The van der Waals surface area contributed by atoms with Gasteiger partial charge in [0.05, 0.1) is 5.92 Å². The Kier molecular flexibility index (Phi) is 3.96. The number of carbonyl (C=O) groups excluding carboxylic acids is 3. The zero-order valence-corrected chi connectivity index (χ0v) is 10.3. The molecule has 0 spiro atoms. The van der Waals surface area contributed by atoms with Crippen molar-refractivity contribution >= 4 is 17.8 Å². The van der Waals surface area contributed by atoms with E-state index in [1.807, 2.05) is 0 Å². The second kappa shape index (κ2) is 5.48. The molecule has 2 fully saturated rings. The van der Waals surface area contributed by atoms with Gasteiger partial charge in [0.2, 0.25) is 0 Å². The molecule has 2 aliphatic rings. The molecule has 2 N–H and O–H groups in total. The third-order valence-corrected chi connectivity index (χ3v) is 3.70. The lowest BCUT2D eigenvalue weighted by atomic mass is 9.82. The highest BCUT2D eigenvalue weighted by molar-refractivity contribution is 6.01. The molecule has 2 rings (SSSR count). The smallest absolute Gasteiger partial charge is 0.330 e. The van der Waals surface area contributed by atoms with Gasteiger partial charge < -0.3 is 10.6 Å². The van der Waals surface area contributed by atoms with Gasteiger partial charge in [0.25, 0.3) is 11.8 Å². The van der Waals surface area contributed by atoms with Crippen LogP contribution in [0.15, 0.2) is 0 Å². The second-order valence-corrected chi connectivity index (χ2v) is 4.95. The van der Waals surface area contributed by atoms with Crippen molar-refractivity contribution in [3.63, 3.8) is 0 Å². The van der Waals surface area contributed by atoms with Crippen LogP contribution in [0.5, 0.6) is 0 Å². The van der Waals surface area contributed by atoms with Crippen molar-refractivity contribution in [3.8, 4) is 0 Å². The van der Waals surface area contributed by atoms with Crippen LogP contribution < -0.4 is 5.73 Å². The molecule has 6 nitrogen and oxygen atoms in total. The quantitative estimate of drug-likeness (QED) is 0.734. The fourth-order valence-electron chi connectivity index (χ4n) is 2.46. The number of carbonyl (C=O) groups is 3. The number of rotatable bonds is 3. The number of nitrogens with two attached hydrogens (primary N) is 1. The molecule has 0 unspecified atom stereocenters. The first-order valence-corrected chi connectivity index (χ1v) is 6.39. The molecule has 100 valence electrons. The minimum atomic E-state index is -0.464. The van der Waals surface area contributed by atoms with E-state index in [4.69, 9.17) is 10.6 Å². The summed E-state index contributed by atoms with van der Waals surface area (Å²) in [5, 5.41) is 0.622. The van der Waals surface area contributed by atoms with Crippen molar-refractivity contribution in [1.29, 1.82) is 0 Å². The molecule has 0 radical (unpaired) electrons. The average molecular weight is 254 g/mol. The highest BCUT2D eigenvalue weighted by atomic mass is 16.7. The number of hydroxylamine groups is 2. The predicted molar refractivity (Wildman–Crippen MR) is 61.7 cm³/mol. The first kappa shape index (κ1) is 13.0. The zero-order chi connectivity index (χ0) is 13.1. The summed E-state index contributed by atoms with van der Waals surface area (Å²) in [4.78, 5) is 39.4. The van der Waals surface area contributed by atoms with Crippen molar-refractivity contribution < 1.29 is 19.2 Å². The molecule has 0 aromatic heterocycles. The highest BCUT2D eigenvalue weighted by Crippen LogP contribution is 2.29. The summed E-state index contributed by atoms with van der Waals surface area (Å²) in [6.45, 7) is 0.644. The summed E-state index contributed by atoms with van der Waals surface area (Å²) < 4.78 is 0. The first-order valence-electron chi connectivity index (χ1n) is 6.39. The lowest BCUT2D eigenvalue weighted by Crippen LogP contribution is -2.36. The number of hydrogen-bond acceptors (Lipinski definition) is 5. The van der Waals surface area contributed by atoms with E-state index >= 15 is 0 Å². The summed E-state index contributed by atoms with van der Waals surface area (Å²) in [7, 11) is 0. The lowest BCUT2D eigenvalue weighted by Gasteiger charge is -2.26. The number of imide groups is 1. The summed E-state index contributed by atoms with van der Waals surface area (Å²) in [5.41, 5.74) is 5.58. The van der Waals surface area contributed by atoms with E-state index in [0.29, 0.717) is 17.5 Å². The molecule has 2 amide bonds. The zero-order valence-electron chi connectivity index (χ0n) is 10.3. The summed E-state index contributed by atoms with van der Waals surface area (Å²) in [6.07, 6.45) is 3.50. The molecule has 0 atom stereocenters. The van der Waals surface area contributed by atoms with Gasteiger partial charge in [-0.05, 0) is 38.1 Å². The summed E-state index contributed by atoms with van der Waals surface area (Å²) >= 11 is 0. The Labute approximate surface area is 105 Å². The van der Waals surface area contributed by atoms with E-state index in [2.05, 4.69) is 0 Å². The monoisotopic (exact) mass is 254 g/mol. The van der Waals surface area contributed by atoms with E-state index in [-0.39, 0.29) is 18.8 Å². The van der Waals surface area contributed by atoms with Crippen molar-refractivity contribution in [1.82, 2.24) is 5.06 Å². The maximum Gasteiger partial charge on any atom is 0.336 e. The minimum absolute atomic E-state index is 0.131. The van der Waals surface area contributed by atoms with Gasteiger partial charge in [-0.1, -0.05) is 0 Å². The molecule has 18 heavy (non-hydrogen) atoms. The molecule has 0 aromatic rings. The van der Waals surface area contributed by atoms with Crippen LogP contribution in [0.4, 0.5) is 0 Å². The van der Waals surface area contributed by atoms with Crippen LogP contribution in [-0.4, -0.2) is 29.4 Å². The molecule has 1 aliphatic heterocycles. The molecule has 0 bridgehead atoms.